The highest BCUT2D eigenvalue weighted by Gasteiger charge is 2.27. The van der Waals surface area contributed by atoms with Crippen molar-refractivity contribution in [3.8, 4) is 0 Å². The largest absolute Gasteiger partial charge is 0.320 e. The molecule has 1 heterocycles. The Morgan fingerprint density at radius 2 is 1.67 bits per heavy atom. The van der Waals surface area contributed by atoms with Gasteiger partial charge >= 0.3 is 0 Å². The monoisotopic (exact) mass is 294 g/mol. The fourth-order valence-corrected chi connectivity index (χ4v) is 1.98. The molecule has 2 aromatic carbocycles. The summed E-state index contributed by atoms with van der Waals surface area (Å²) in [5.41, 5.74) is -0.167. The molecule has 0 aromatic heterocycles. The first kappa shape index (κ1) is 13.3. The lowest BCUT2D eigenvalue weighted by Crippen LogP contribution is -2.14. The number of benzene rings is 2. The quantitative estimate of drug-likeness (QED) is 0.489. The van der Waals surface area contributed by atoms with Crippen LogP contribution in [0.25, 0.3) is 0 Å². The molecular weight excluding hydrogens is 288 g/mol. The summed E-state index contributed by atoms with van der Waals surface area (Å²) >= 11 is 0. The van der Waals surface area contributed by atoms with Crippen LogP contribution in [0.4, 0.5) is 28.9 Å². The van der Waals surface area contributed by atoms with Crippen LogP contribution in [0, 0.1) is 23.3 Å². The molecule has 2 aromatic rings. The molecular formula is C14H6F4N2O. The highest BCUT2D eigenvalue weighted by Crippen LogP contribution is 2.29. The predicted octanol–water partition coefficient (Wildman–Crippen LogP) is 3.32. The second-order valence-corrected chi connectivity index (χ2v) is 4.28. The number of amides is 1. The van der Waals surface area contributed by atoms with E-state index in [9.17, 15) is 22.4 Å². The number of anilines is 1. The van der Waals surface area contributed by atoms with E-state index in [1.807, 2.05) is 0 Å². The van der Waals surface area contributed by atoms with E-state index in [0.29, 0.717) is 17.3 Å². The zero-order chi connectivity index (χ0) is 15.1. The summed E-state index contributed by atoms with van der Waals surface area (Å²) in [7, 11) is 0. The van der Waals surface area contributed by atoms with E-state index >= 15 is 0 Å². The first-order valence-corrected chi connectivity index (χ1v) is 5.81. The molecule has 0 radical (unpaired) electrons. The average molecular weight is 294 g/mol. The number of aliphatic imine (C=N–C) groups is 1. The summed E-state index contributed by atoms with van der Waals surface area (Å²) in [5, 5.41) is 2.47. The standard InChI is InChI=1S/C14H6F4N2O/c15-7-5-9(11(17)12(18)10(7)16)19-13-6-3-1-2-4-8(6)20-14(13)21/h1-5H,(H,19,20,21). The van der Waals surface area contributed by atoms with E-state index in [-0.39, 0.29) is 5.71 Å². The number of hydrogen-bond donors (Lipinski definition) is 1. The Kier molecular flexibility index (Phi) is 2.97. The third kappa shape index (κ3) is 2.06. The zero-order valence-electron chi connectivity index (χ0n) is 10.3. The maximum atomic E-state index is 13.6. The minimum absolute atomic E-state index is 0.199. The van der Waals surface area contributed by atoms with Crippen molar-refractivity contribution in [3.05, 3.63) is 59.2 Å². The molecule has 3 nitrogen and oxygen atoms in total. The Morgan fingerprint density at radius 3 is 2.43 bits per heavy atom. The molecule has 1 aliphatic heterocycles. The number of fused-ring (bicyclic) bond motifs is 1. The minimum atomic E-state index is -1.97. The van der Waals surface area contributed by atoms with Crippen LogP contribution in [0.5, 0.6) is 0 Å². The average Bonchev–Trinajstić information content (AvgIpc) is 2.78. The molecule has 0 saturated carbocycles. The Hall–Kier alpha value is -2.70. The van der Waals surface area contributed by atoms with Gasteiger partial charge in [-0.05, 0) is 6.07 Å². The van der Waals surface area contributed by atoms with Gasteiger partial charge in [0.1, 0.15) is 11.4 Å². The Morgan fingerprint density at radius 1 is 0.952 bits per heavy atom. The molecule has 0 bridgehead atoms. The lowest BCUT2D eigenvalue weighted by atomic mass is 10.1. The third-order valence-electron chi connectivity index (χ3n) is 2.96. The van der Waals surface area contributed by atoms with Crippen molar-refractivity contribution in [1.82, 2.24) is 0 Å². The first-order chi connectivity index (χ1) is 9.99. The van der Waals surface area contributed by atoms with Gasteiger partial charge < -0.3 is 5.32 Å². The topological polar surface area (TPSA) is 41.5 Å². The van der Waals surface area contributed by atoms with Crippen LogP contribution >= 0.6 is 0 Å². The molecule has 7 heteroatoms. The van der Waals surface area contributed by atoms with Crippen molar-refractivity contribution >= 4 is 23.0 Å². The minimum Gasteiger partial charge on any atom is -0.320 e. The zero-order valence-corrected chi connectivity index (χ0v) is 10.3. The molecule has 0 aliphatic carbocycles. The second kappa shape index (κ2) is 4.69. The lowest BCUT2D eigenvalue weighted by molar-refractivity contribution is -0.110. The maximum Gasteiger partial charge on any atom is 0.275 e. The summed E-state index contributed by atoms with van der Waals surface area (Å²) < 4.78 is 52.8. The van der Waals surface area contributed by atoms with Crippen molar-refractivity contribution < 1.29 is 22.4 Å². The van der Waals surface area contributed by atoms with E-state index in [0.717, 1.165) is 0 Å². The summed E-state index contributed by atoms with van der Waals surface area (Å²) in [6, 6.07) is 6.82. The van der Waals surface area contributed by atoms with Crippen LogP contribution < -0.4 is 5.32 Å². The van der Waals surface area contributed by atoms with Gasteiger partial charge in [-0.25, -0.2) is 22.6 Å². The highest BCUT2D eigenvalue weighted by atomic mass is 19.2. The summed E-state index contributed by atoms with van der Waals surface area (Å²) in [6.45, 7) is 0. The number of para-hydroxylation sites is 1. The van der Waals surface area contributed by atoms with E-state index in [2.05, 4.69) is 10.3 Å². The highest BCUT2D eigenvalue weighted by molar-refractivity contribution is 6.54. The van der Waals surface area contributed by atoms with E-state index in [4.69, 9.17) is 0 Å². The Labute approximate surface area is 115 Å². The van der Waals surface area contributed by atoms with Crippen molar-refractivity contribution in [1.29, 1.82) is 0 Å². The van der Waals surface area contributed by atoms with Gasteiger partial charge in [-0.15, -0.1) is 0 Å². The number of halogens is 4. The van der Waals surface area contributed by atoms with Gasteiger partial charge in [0.05, 0.1) is 5.69 Å². The van der Waals surface area contributed by atoms with Crippen LogP contribution in [0.1, 0.15) is 5.56 Å². The predicted molar refractivity (Wildman–Crippen MR) is 67.5 cm³/mol. The fraction of sp³-hybridized carbons (Fsp3) is 0. The molecule has 3 rings (SSSR count). The number of hydrogen-bond acceptors (Lipinski definition) is 2. The van der Waals surface area contributed by atoms with Gasteiger partial charge in [-0.3, -0.25) is 4.79 Å². The molecule has 106 valence electrons. The van der Waals surface area contributed by atoms with Crippen molar-refractivity contribution in [2.24, 2.45) is 4.99 Å². The van der Waals surface area contributed by atoms with E-state index in [1.165, 1.54) is 0 Å². The molecule has 0 fully saturated rings. The third-order valence-corrected chi connectivity index (χ3v) is 2.96. The van der Waals surface area contributed by atoms with E-state index < -0.39 is 34.9 Å². The molecule has 0 unspecified atom stereocenters. The molecule has 21 heavy (non-hydrogen) atoms. The Bertz CT molecular complexity index is 802. The van der Waals surface area contributed by atoms with Crippen molar-refractivity contribution in [2.45, 2.75) is 0 Å². The van der Waals surface area contributed by atoms with E-state index in [1.54, 1.807) is 24.3 Å². The van der Waals surface area contributed by atoms with Crippen molar-refractivity contribution in [3.63, 3.8) is 0 Å². The molecule has 0 atom stereocenters. The normalized spacial score (nSPS) is 15.2. The number of carbonyl (C=O) groups is 1. The van der Waals surface area contributed by atoms with Gasteiger partial charge in [-0.1, -0.05) is 18.2 Å². The van der Waals surface area contributed by atoms with Gasteiger partial charge in [-0.2, -0.15) is 0 Å². The number of carbonyl (C=O) groups excluding carboxylic acids is 1. The SMILES string of the molecule is O=C1Nc2ccccc2C1=Nc1cc(F)c(F)c(F)c1F. The molecule has 1 amide bonds. The molecule has 0 saturated heterocycles. The fourth-order valence-electron chi connectivity index (χ4n) is 1.98. The van der Waals surface area contributed by atoms with Gasteiger partial charge in [0.25, 0.3) is 5.91 Å². The van der Waals surface area contributed by atoms with Crippen LogP contribution in [-0.2, 0) is 4.79 Å². The summed E-state index contributed by atoms with van der Waals surface area (Å²) in [6.07, 6.45) is 0. The van der Waals surface area contributed by atoms with Crippen LogP contribution in [0.2, 0.25) is 0 Å². The van der Waals surface area contributed by atoms with Crippen molar-refractivity contribution in [2.75, 3.05) is 5.32 Å². The van der Waals surface area contributed by atoms with Gasteiger partial charge in [0, 0.05) is 11.6 Å². The lowest BCUT2D eigenvalue weighted by Gasteiger charge is -2.02. The van der Waals surface area contributed by atoms with Gasteiger partial charge in [0.2, 0.25) is 0 Å². The van der Waals surface area contributed by atoms with Gasteiger partial charge in [0.15, 0.2) is 23.3 Å². The Balaban J connectivity index is 2.18. The smallest absolute Gasteiger partial charge is 0.275 e. The van der Waals surface area contributed by atoms with Crippen LogP contribution in [0.3, 0.4) is 0 Å². The van der Waals surface area contributed by atoms with Crippen LogP contribution in [0.15, 0.2) is 35.3 Å². The summed E-state index contributed by atoms with van der Waals surface area (Å²) in [4.78, 5) is 15.4. The number of nitrogens with zero attached hydrogens (tertiary/aromatic N) is 1. The molecule has 1 N–H and O–H groups in total. The number of nitrogens with one attached hydrogen (secondary N) is 1. The second-order valence-electron chi connectivity index (χ2n) is 4.28. The number of rotatable bonds is 1. The molecule has 1 aliphatic rings. The van der Waals surface area contributed by atoms with Crippen LogP contribution in [-0.4, -0.2) is 11.6 Å². The maximum absolute atomic E-state index is 13.6. The summed E-state index contributed by atoms with van der Waals surface area (Å²) in [5.74, 6) is -7.77. The first-order valence-electron chi connectivity index (χ1n) is 5.81. The molecule has 0 spiro atoms.